The number of nitrogens with zero attached hydrogens (tertiary/aromatic N) is 3. The number of alkyl halides is 3. The van der Waals surface area contributed by atoms with E-state index >= 15 is 0 Å². The summed E-state index contributed by atoms with van der Waals surface area (Å²) in [5.41, 5.74) is -0.431. The van der Waals surface area contributed by atoms with E-state index < -0.39 is 17.8 Å². The monoisotopic (exact) mass is 326 g/mol. The van der Waals surface area contributed by atoms with Crippen LogP contribution in [0.2, 0.25) is 0 Å². The summed E-state index contributed by atoms with van der Waals surface area (Å²) in [4.78, 5) is 9.98. The van der Waals surface area contributed by atoms with Gasteiger partial charge >= 0.3 is 6.18 Å². The lowest BCUT2D eigenvalue weighted by Crippen LogP contribution is -2.18. The van der Waals surface area contributed by atoms with E-state index in [4.69, 9.17) is 0 Å². The first kappa shape index (κ1) is 17.0. The minimum atomic E-state index is -4.43. The molecule has 1 aromatic carbocycles. The lowest BCUT2D eigenvalue weighted by atomic mass is 10.0. The molecule has 2 N–H and O–H groups in total. The molecule has 0 spiro atoms. The van der Waals surface area contributed by atoms with Gasteiger partial charge < -0.3 is 15.3 Å². The Labute approximate surface area is 131 Å². The molecule has 0 radical (unpaired) electrons. The molecule has 0 fully saturated rings. The minimum Gasteiger partial charge on any atom is -0.394 e. The number of anilines is 2. The zero-order valence-corrected chi connectivity index (χ0v) is 12.7. The second kappa shape index (κ2) is 6.82. The second-order valence-corrected chi connectivity index (χ2v) is 5.14. The van der Waals surface area contributed by atoms with Gasteiger partial charge in [-0.3, -0.25) is 0 Å². The van der Waals surface area contributed by atoms with Crippen molar-refractivity contribution in [1.29, 1.82) is 0 Å². The molecule has 0 aliphatic carbocycles. The number of halogens is 3. The van der Waals surface area contributed by atoms with Crippen LogP contribution in [0.1, 0.15) is 17.2 Å². The summed E-state index contributed by atoms with van der Waals surface area (Å²) in [5, 5.41) is 12.4. The number of hydrogen-bond acceptors (Lipinski definition) is 5. The number of aliphatic hydroxyl groups excluding tert-OH is 1. The first-order valence-corrected chi connectivity index (χ1v) is 6.86. The Bertz CT molecular complexity index is 661. The van der Waals surface area contributed by atoms with Crippen molar-refractivity contribution in [3.8, 4) is 0 Å². The van der Waals surface area contributed by atoms with Gasteiger partial charge in [0.1, 0.15) is 5.82 Å². The highest BCUT2D eigenvalue weighted by atomic mass is 19.4. The van der Waals surface area contributed by atoms with E-state index in [1.165, 1.54) is 18.3 Å². The van der Waals surface area contributed by atoms with Crippen LogP contribution in [0.5, 0.6) is 0 Å². The van der Waals surface area contributed by atoms with Crippen molar-refractivity contribution in [1.82, 2.24) is 9.97 Å². The molecule has 5 nitrogen and oxygen atoms in total. The van der Waals surface area contributed by atoms with E-state index in [0.29, 0.717) is 17.3 Å². The van der Waals surface area contributed by atoms with Crippen molar-refractivity contribution in [3.05, 3.63) is 47.7 Å². The zero-order chi connectivity index (χ0) is 17.0. The predicted molar refractivity (Wildman–Crippen MR) is 81.3 cm³/mol. The van der Waals surface area contributed by atoms with Gasteiger partial charge in [-0.15, -0.1) is 0 Å². The van der Waals surface area contributed by atoms with Crippen LogP contribution in [-0.4, -0.2) is 35.8 Å². The van der Waals surface area contributed by atoms with E-state index in [9.17, 15) is 18.3 Å². The fourth-order valence-corrected chi connectivity index (χ4v) is 1.99. The lowest BCUT2D eigenvalue weighted by Gasteiger charge is -2.19. The van der Waals surface area contributed by atoms with Crippen molar-refractivity contribution in [2.75, 3.05) is 30.9 Å². The number of rotatable bonds is 5. The van der Waals surface area contributed by atoms with Gasteiger partial charge in [0.2, 0.25) is 5.95 Å². The van der Waals surface area contributed by atoms with Crippen molar-refractivity contribution in [2.45, 2.75) is 12.2 Å². The Hall–Kier alpha value is -2.35. The molecule has 23 heavy (non-hydrogen) atoms. The standard InChI is InChI=1S/C15H17F3N4O/c1-22(2)14-19-7-6-13(21-14)20-12(9-23)10-4-3-5-11(8-10)15(16,17)18/h3-8,12,23H,9H2,1-2H3,(H,19,20,21). The van der Waals surface area contributed by atoms with Crippen LogP contribution in [0.15, 0.2) is 36.5 Å². The molecule has 0 bridgehead atoms. The number of aliphatic hydroxyl groups is 1. The first-order chi connectivity index (χ1) is 10.8. The third-order valence-electron chi connectivity index (χ3n) is 3.16. The van der Waals surface area contributed by atoms with Gasteiger partial charge in [-0.25, -0.2) is 4.98 Å². The molecular formula is C15H17F3N4O. The lowest BCUT2D eigenvalue weighted by molar-refractivity contribution is -0.137. The van der Waals surface area contributed by atoms with Crippen LogP contribution in [0, 0.1) is 0 Å². The van der Waals surface area contributed by atoms with Crippen LogP contribution in [0.3, 0.4) is 0 Å². The highest BCUT2D eigenvalue weighted by Crippen LogP contribution is 2.31. The fraction of sp³-hybridized carbons (Fsp3) is 0.333. The van der Waals surface area contributed by atoms with Gasteiger partial charge in [-0.1, -0.05) is 12.1 Å². The molecule has 124 valence electrons. The Morgan fingerprint density at radius 2 is 2.00 bits per heavy atom. The van der Waals surface area contributed by atoms with Crippen molar-refractivity contribution in [2.24, 2.45) is 0 Å². The highest BCUT2D eigenvalue weighted by molar-refractivity contribution is 5.43. The molecular weight excluding hydrogens is 309 g/mol. The third-order valence-corrected chi connectivity index (χ3v) is 3.16. The normalized spacial score (nSPS) is 12.8. The topological polar surface area (TPSA) is 61.3 Å². The number of nitrogens with one attached hydrogen (secondary N) is 1. The highest BCUT2D eigenvalue weighted by Gasteiger charge is 2.31. The van der Waals surface area contributed by atoms with Gasteiger partial charge in [0, 0.05) is 20.3 Å². The average Bonchev–Trinajstić information content (AvgIpc) is 2.52. The summed E-state index contributed by atoms with van der Waals surface area (Å²) < 4.78 is 38.4. The van der Waals surface area contributed by atoms with Crippen molar-refractivity contribution >= 4 is 11.8 Å². The van der Waals surface area contributed by atoms with E-state index in [1.54, 1.807) is 25.1 Å². The summed E-state index contributed by atoms with van der Waals surface area (Å²) >= 11 is 0. The molecule has 1 heterocycles. The van der Waals surface area contributed by atoms with Crippen LogP contribution >= 0.6 is 0 Å². The first-order valence-electron chi connectivity index (χ1n) is 6.86. The molecule has 0 aliphatic rings. The SMILES string of the molecule is CN(C)c1nccc(NC(CO)c2cccc(C(F)(F)F)c2)n1. The van der Waals surface area contributed by atoms with Crippen LogP contribution in [0.25, 0.3) is 0 Å². The van der Waals surface area contributed by atoms with E-state index in [2.05, 4.69) is 15.3 Å². The maximum absolute atomic E-state index is 12.8. The van der Waals surface area contributed by atoms with Crippen molar-refractivity contribution < 1.29 is 18.3 Å². The molecule has 0 saturated carbocycles. The van der Waals surface area contributed by atoms with Crippen molar-refractivity contribution in [3.63, 3.8) is 0 Å². The summed E-state index contributed by atoms with van der Waals surface area (Å²) in [6, 6.07) is 5.73. The maximum atomic E-state index is 12.8. The third kappa shape index (κ3) is 4.32. The van der Waals surface area contributed by atoms with Gasteiger partial charge in [-0.2, -0.15) is 18.2 Å². The molecule has 1 atom stereocenters. The maximum Gasteiger partial charge on any atom is 0.416 e. The molecule has 2 aromatic rings. The van der Waals surface area contributed by atoms with Gasteiger partial charge in [0.25, 0.3) is 0 Å². The van der Waals surface area contributed by atoms with Gasteiger partial charge in [0.15, 0.2) is 0 Å². The molecule has 0 saturated heterocycles. The Balaban J connectivity index is 2.25. The molecule has 1 aromatic heterocycles. The molecule has 0 aliphatic heterocycles. The quantitative estimate of drug-likeness (QED) is 0.885. The Kier molecular flexibility index (Phi) is 5.05. The summed E-state index contributed by atoms with van der Waals surface area (Å²) in [5.74, 6) is 0.871. The smallest absolute Gasteiger partial charge is 0.394 e. The van der Waals surface area contributed by atoms with Crippen LogP contribution < -0.4 is 10.2 Å². The second-order valence-electron chi connectivity index (χ2n) is 5.14. The summed E-state index contributed by atoms with van der Waals surface area (Å²) in [7, 11) is 3.55. The number of benzene rings is 1. The van der Waals surface area contributed by atoms with E-state index in [-0.39, 0.29) is 6.61 Å². The fourth-order valence-electron chi connectivity index (χ4n) is 1.99. The van der Waals surface area contributed by atoms with E-state index in [1.807, 2.05) is 0 Å². The predicted octanol–water partition coefficient (Wildman–Crippen LogP) is 2.71. The molecule has 8 heteroatoms. The average molecular weight is 326 g/mol. The number of hydrogen-bond donors (Lipinski definition) is 2. The molecule has 2 rings (SSSR count). The summed E-state index contributed by atoms with van der Waals surface area (Å²) in [6.07, 6.45) is -2.89. The van der Waals surface area contributed by atoms with Gasteiger partial charge in [-0.05, 0) is 23.8 Å². The van der Waals surface area contributed by atoms with Crippen LogP contribution in [0.4, 0.5) is 24.9 Å². The molecule has 0 amide bonds. The van der Waals surface area contributed by atoms with Crippen LogP contribution in [-0.2, 0) is 6.18 Å². The van der Waals surface area contributed by atoms with E-state index in [0.717, 1.165) is 12.1 Å². The minimum absolute atomic E-state index is 0.326. The van der Waals surface area contributed by atoms with Gasteiger partial charge in [0.05, 0.1) is 18.2 Å². The number of aromatic nitrogens is 2. The molecule has 1 unspecified atom stereocenters. The zero-order valence-electron chi connectivity index (χ0n) is 12.7. The Morgan fingerprint density at radius 3 is 2.61 bits per heavy atom. The largest absolute Gasteiger partial charge is 0.416 e. The summed E-state index contributed by atoms with van der Waals surface area (Å²) in [6.45, 7) is -0.372. The Morgan fingerprint density at radius 1 is 1.26 bits per heavy atom.